The largest absolute Gasteiger partial charge is 0.340 e. The van der Waals surface area contributed by atoms with Crippen LogP contribution < -0.4 is 5.32 Å². The van der Waals surface area contributed by atoms with Gasteiger partial charge in [0.25, 0.3) is 0 Å². The first-order valence-corrected chi connectivity index (χ1v) is 9.30. The number of piperidine rings is 1. The lowest BCUT2D eigenvalue weighted by molar-refractivity contribution is -0.141. The normalized spacial score (nSPS) is 22.9. The lowest BCUT2D eigenvalue weighted by atomic mass is 10.0. The Bertz CT molecular complexity index is 596. The zero-order chi connectivity index (χ0) is 16.4. The molecular formula is C16H23Cl2N3O2S. The van der Waals surface area contributed by atoms with E-state index in [1.807, 2.05) is 28.9 Å². The number of halogens is 2. The molecule has 3 rings (SSSR count). The van der Waals surface area contributed by atoms with E-state index in [4.69, 9.17) is 11.6 Å². The highest BCUT2D eigenvalue weighted by atomic mass is 35.5. The van der Waals surface area contributed by atoms with Gasteiger partial charge in [-0.25, -0.2) is 0 Å². The van der Waals surface area contributed by atoms with Crippen LogP contribution in [0, 0.1) is 0 Å². The number of thiophene rings is 1. The van der Waals surface area contributed by atoms with E-state index in [9.17, 15) is 9.59 Å². The van der Waals surface area contributed by atoms with Crippen molar-refractivity contribution in [2.24, 2.45) is 0 Å². The molecule has 2 saturated heterocycles. The minimum atomic E-state index is -0.176. The maximum atomic E-state index is 12.8. The van der Waals surface area contributed by atoms with Gasteiger partial charge in [-0.3, -0.25) is 9.59 Å². The van der Waals surface area contributed by atoms with Crippen molar-refractivity contribution in [1.82, 2.24) is 15.1 Å². The first kappa shape index (κ1) is 19.5. The van der Waals surface area contributed by atoms with Crippen LogP contribution in [0.25, 0.3) is 0 Å². The molecule has 2 fully saturated rings. The zero-order valence-electron chi connectivity index (χ0n) is 13.7. The van der Waals surface area contributed by atoms with Gasteiger partial charge in [0.15, 0.2) is 0 Å². The number of carbonyl (C=O) groups excluding carboxylic acids is 2. The fraction of sp³-hybridized carbons (Fsp3) is 0.625. The van der Waals surface area contributed by atoms with Crippen molar-refractivity contribution in [1.29, 1.82) is 0 Å². The molecule has 2 amide bonds. The van der Waals surface area contributed by atoms with Gasteiger partial charge < -0.3 is 15.1 Å². The molecule has 1 aromatic rings. The van der Waals surface area contributed by atoms with E-state index in [0.29, 0.717) is 17.4 Å². The first-order chi connectivity index (χ1) is 11.1. The molecule has 0 aliphatic carbocycles. The van der Waals surface area contributed by atoms with Gasteiger partial charge in [0, 0.05) is 37.1 Å². The second-order valence-corrected chi connectivity index (χ2v) is 7.95. The molecule has 1 N–H and O–H groups in total. The molecule has 5 nitrogen and oxygen atoms in total. The molecule has 2 atom stereocenters. The minimum absolute atomic E-state index is 0. The smallest absolute Gasteiger partial charge is 0.236 e. The monoisotopic (exact) mass is 391 g/mol. The van der Waals surface area contributed by atoms with E-state index in [2.05, 4.69) is 5.32 Å². The standard InChI is InChI=1S/C16H22ClN3O2S.ClH/c1-11(13-4-5-14(17)23-13)16(22)19-7-2-3-12(10-19)20-8-6-18-9-15(20)21;/h4-5,11-12,18H,2-3,6-10H2,1H3;1H. The van der Waals surface area contributed by atoms with E-state index < -0.39 is 0 Å². The van der Waals surface area contributed by atoms with Crippen LogP contribution in [-0.4, -0.2) is 60.4 Å². The van der Waals surface area contributed by atoms with Gasteiger partial charge in [-0.2, -0.15) is 0 Å². The van der Waals surface area contributed by atoms with Crippen LogP contribution in [0.4, 0.5) is 0 Å². The van der Waals surface area contributed by atoms with E-state index in [0.717, 1.165) is 37.4 Å². The van der Waals surface area contributed by atoms with E-state index in [1.54, 1.807) is 0 Å². The summed E-state index contributed by atoms with van der Waals surface area (Å²) in [5.74, 6) is 0.106. The van der Waals surface area contributed by atoms with Crippen molar-refractivity contribution in [2.45, 2.75) is 31.7 Å². The number of carbonyl (C=O) groups is 2. The Morgan fingerprint density at radius 2 is 2.21 bits per heavy atom. The molecule has 2 aliphatic rings. The van der Waals surface area contributed by atoms with Crippen LogP contribution in [0.3, 0.4) is 0 Å². The number of likely N-dealkylation sites (tertiary alicyclic amines) is 1. The van der Waals surface area contributed by atoms with Crippen molar-refractivity contribution in [3.05, 3.63) is 21.3 Å². The summed E-state index contributed by atoms with van der Waals surface area (Å²) in [6.07, 6.45) is 1.93. The fourth-order valence-corrected chi connectivity index (χ4v) is 4.48. The number of nitrogens with one attached hydrogen (secondary N) is 1. The molecule has 8 heteroatoms. The predicted molar refractivity (Wildman–Crippen MR) is 99.2 cm³/mol. The van der Waals surface area contributed by atoms with Gasteiger partial charge in [0.05, 0.1) is 16.8 Å². The number of piperazine rings is 1. The Morgan fingerprint density at radius 3 is 2.88 bits per heavy atom. The SMILES string of the molecule is CC(C(=O)N1CCCC(N2CCNCC2=O)C1)c1ccc(Cl)s1.Cl. The summed E-state index contributed by atoms with van der Waals surface area (Å²) in [6, 6.07) is 3.92. The third kappa shape index (κ3) is 4.23. The Kier molecular flexibility index (Phi) is 6.92. The van der Waals surface area contributed by atoms with E-state index >= 15 is 0 Å². The van der Waals surface area contributed by atoms with Gasteiger partial charge >= 0.3 is 0 Å². The van der Waals surface area contributed by atoms with Crippen LogP contribution >= 0.6 is 35.3 Å². The number of hydrogen-bond acceptors (Lipinski definition) is 4. The maximum absolute atomic E-state index is 12.8. The highest BCUT2D eigenvalue weighted by Crippen LogP contribution is 2.30. The molecule has 2 unspecified atom stereocenters. The third-order valence-electron chi connectivity index (χ3n) is 4.67. The Morgan fingerprint density at radius 1 is 1.42 bits per heavy atom. The van der Waals surface area contributed by atoms with Gasteiger partial charge in [-0.1, -0.05) is 11.6 Å². The summed E-state index contributed by atoms with van der Waals surface area (Å²) >= 11 is 7.44. The fourth-order valence-electron chi connectivity index (χ4n) is 3.37. The van der Waals surface area contributed by atoms with Crippen LogP contribution in [0.15, 0.2) is 12.1 Å². The Balaban J connectivity index is 0.00000208. The van der Waals surface area contributed by atoms with Gasteiger partial charge in [-0.15, -0.1) is 23.7 Å². The van der Waals surface area contributed by atoms with Crippen LogP contribution in [0.2, 0.25) is 4.34 Å². The highest BCUT2D eigenvalue weighted by molar-refractivity contribution is 7.16. The predicted octanol–water partition coefficient (Wildman–Crippen LogP) is 2.35. The molecule has 0 saturated carbocycles. The van der Waals surface area contributed by atoms with Crippen LogP contribution in [-0.2, 0) is 9.59 Å². The summed E-state index contributed by atoms with van der Waals surface area (Å²) in [5.41, 5.74) is 0. The third-order valence-corrected chi connectivity index (χ3v) is 6.08. The highest BCUT2D eigenvalue weighted by Gasteiger charge is 2.33. The molecule has 134 valence electrons. The first-order valence-electron chi connectivity index (χ1n) is 8.10. The van der Waals surface area contributed by atoms with Crippen molar-refractivity contribution in [2.75, 3.05) is 32.7 Å². The summed E-state index contributed by atoms with van der Waals surface area (Å²) in [4.78, 5) is 29.7. The van der Waals surface area contributed by atoms with Crippen molar-refractivity contribution >= 4 is 47.2 Å². The molecule has 0 aromatic carbocycles. The second-order valence-electron chi connectivity index (χ2n) is 6.21. The molecule has 0 spiro atoms. The Hall–Kier alpha value is -0.820. The van der Waals surface area contributed by atoms with E-state index in [1.165, 1.54) is 11.3 Å². The van der Waals surface area contributed by atoms with Crippen molar-refractivity contribution in [3.8, 4) is 0 Å². The average Bonchev–Trinajstić information content (AvgIpc) is 3.00. The summed E-state index contributed by atoms with van der Waals surface area (Å²) in [5, 5.41) is 3.10. The quantitative estimate of drug-likeness (QED) is 0.859. The van der Waals surface area contributed by atoms with Crippen molar-refractivity contribution < 1.29 is 9.59 Å². The van der Waals surface area contributed by atoms with Gasteiger partial charge in [-0.05, 0) is 31.9 Å². The van der Waals surface area contributed by atoms with Gasteiger partial charge in [0.1, 0.15) is 0 Å². The van der Waals surface area contributed by atoms with Crippen LogP contribution in [0.5, 0.6) is 0 Å². The summed E-state index contributed by atoms with van der Waals surface area (Å²) < 4.78 is 0.711. The number of rotatable bonds is 3. The summed E-state index contributed by atoms with van der Waals surface area (Å²) in [7, 11) is 0. The van der Waals surface area contributed by atoms with Crippen LogP contribution in [0.1, 0.15) is 30.6 Å². The maximum Gasteiger partial charge on any atom is 0.236 e. The second kappa shape index (κ2) is 8.52. The Labute approximate surface area is 157 Å². The molecular weight excluding hydrogens is 369 g/mol. The van der Waals surface area contributed by atoms with Crippen molar-refractivity contribution in [3.63, 3.8) is 0 Å². The topological polar surface area (TPSA) is 52.7 Å². The number of nitrogens with zero attached hydrogens (tertiary/aromatic N) is 2. The lowest BCUT2D eigenvalue weighted by Gasteiger charge is -2.41. The minimum Gasteiger partial charge on any atom is -0.340 e. The lowest BCUT2D eigenvalue weighted by Crippen LogP contribution is -2.57. The zero-order valence-corrected chi connectivity index (χ0v) is 16.1. The number of amides is 2. The molecule has 24 heavy (non-hydrogen) atoms. The molecule has 1 aromatic heterocycles. The van der Waals surface area contributed by atoms with E-state index in [-0.39, 0.29) is 36.2 Å². The number of hydrogen-bond donors (Lipinski definition) is 1. The molecule has 3 heterocycles. The average molecular weight is 392 g/mol. The molecule has 0 radical (unpaired) electrons. The molecule has 2 aliphatic heterocycles. The molecule has 0 bridgehead atoms. The van der Waals surface area contributed by atoms with Gasteiger partial charge in [0.2, 0.25) is 11.8 Å². The summed E-state index contributed by atoms with van der Waals surface area (Å²) in [6.45, 7) is 5.34.